The van der Waals surface area contributed by atoms with Gasteiger partial charge in [0.25, 0.3) is 0 Å². The Balaban J connectivity index is 1.98. The molecule has 0 aliphatic rings. The molecule has 2 nitrogen and oxygen atoms in total. The highest BCUT2D eigenvalue weighted by molar-refractivity contribution is 5.90. The van der Waals surface area contributed by atoms with E-state index in [-0.39, 0.29) is 11.6 Å². The third-order valence-corrected chi connectivity index (χ3v) is 4.14. The molecule has 2 aromatic carbocycles. The first kappa shape index (κ1) is 16.1. The average molecular weight is 344 g/mol. The Morgan fingerprint density at radius 2 is 0.962 bits per heavy atom. The summed E-state index contributed by atoms with van der Waals surface area (Å²) in [7, 11) is 0. The molecule has 126 valence electrons. The van der Waals surface area contributed by atoms with Crippen molar-refractivity contribution in [3.8, 4) is 33.6 Å². The van der Waals surface area contributed by atoms with Crippen molar-refractivity contribution in [2.75, 3.05) is 0 Å². The van der Waals surface area contributed by atoms with Crippen molar-refractivity contribution >= 4 is 0 Å². The third-order valence-electron chi connectivity index (χ3n) is 4.14. The van der Waals surface area contributed by atoms with Crippen molar-refractivity contribution in [1.29, 1.82) is 0 Å². The molecule has 2 aromatic heterocycles. The lowest BCUT2D eigenvalue weighted by Gasteiger charge is -2.14. The molecule has 0 amide bonds. The minimum absolute atomic E-state index is 0.351. The fraction of sp³-hybridized carbons (Fsp3) is 0. The Labute approximate surface area is 149 Å². The summed E-state index contributed by atoms with van der Waals surface area (Å²) in [6.07, 6.45) is 3.32. The molecule has 4 aromatic rings. The van der Waals surface area contributed by atoms with Crippen molar-refractivity contribution in [2.45, 2.75) is 0 Å². The van der Waals surface area contributed by atoms with Crippen LogP contribution in [-0.2, 0) is 0 Å². The zero-order valence-electron chi connectivity index (χ0n) is 13.7. The molecule has 0 aliphatic heterocycles. The molecule has 2 heterocycles. The van der Waals surface area contributed by atoms with E-state index in [0.29, 0.717) is 22.5 Å². The first-order chi connectivity index (χ1) is 12.7. The maximum atomic E-state index is 13.9. The second-order valence-corrected chi connectivity index (χ2v) is 5.81. The van der Waals surface area contributed by atoms with E-state index >= 15 is 0 Å². The fourth-order valence-corrected chi connectivity index (χ4v) is 2.97. The van der Waals surface area contributed by atoms with Crippen LogP contribution >= 0.6 is 0 Å². The number of halogens is 2. The lowest BCUT2D eigenvalue weighted by molar-refractivity contribution is 0.627. The highest BCUT2D eigenvalue weighted by atomic mass is 19.1. The van der Waals surface area contributed by atoms with E-state index in [0.717, 1.165) is 11.1 Å². The number of rotatable bonds is 3. The summed E-state index contributed by atoms with van der Waals surface area (Å²) in [6, 6.07) is 20.0. The quantitative estimate of drug-likeness (QED) is 0.472. The SMILES string of the molecule is Fc1ccc(-c2ccc(F)cc2-c2ccccn2)c(-c2ccccn2)c1. The van der Waals surface area contributed by atoms with Crippen molar-refractivity contribution in [1.82, 2.24) is 9.97 Å². The van der Waals surface area contributed by atoms with Crippen LogP contribution in [-0.4, -0.2) is 9.97 Å². The van der Waals surface area contributed by atoms with Gasteiger partial charge in [0.2, 0.25) is 0 Å². The van der Waals surface area contributed by atoms with Gasteiger partial charge in [0.1, 0.15) is 11.6 Å². The van der Waals surface area contributed by atoms with Gasteiger partial charge in [0.15, 0.2) is 0 Å². The van der Waals surface area contributed by atoms with E-state index in [4.69, 9.17) is 0 Å². The van der Waals surface area contributed by atoms with Gasteiger partial charge in [-0.25, -0.2) is 8.78 Å². The summed E-state index contributed by atoms with van der Waals surface area (Å²) < 4.78 is 27.9. The molecule has 0 unspecified atom stereocenters. The van der Waals surface area contributed by atoms with E-state index in [1.165, 1.54) is 24.3 Å². The van der Waals surface area contributed by atoms with Crippen LogP contribution in [0, 0.1) is 11.6 Å². The molecule has 0 atom stereocenters. The molecule has 0 fully saturated rings. The highest BCUT2D eigenvalue weighted by Crippen LogP contribution is 2.37. The number of nitrogens with zero attached hydrogens (tertiary/aromatic N) is 2. The zero-order valence-corrected chi connectivity index (χ0v) is 13.7. The summed E-state index contributed by atoms with van der Waals surface area (Å²) >= 11 is 0. The van der Waals surface area contributed by atoms with Gasteiger partial charge in [-0.05, 0) is 59.7 Å². The maximum Gasteiger partial charge on any atom is 0.123 e. The predicted octanol–water partition coefficient (Wildman–Crippen LogP) is 5.76. The first-order valence-electron chi connectivity index (χ1n) is 8.14. The minimum Gasteiger partial charge on any atom is -0.256 e. The first-order valence-corrected chi connectivity index (χ1v) is 8.14. The highest BCUT2D eigenvalue weighted by Gasteiger charge is 2.15. The van der Waals surface area contributed by atoms with Crippen LogP contribution in [0.25, 0.3) is 33.6 Å². The Morgan fingerprint density at radius 3 is 1.35 bits per heavy atom. The number of hydrogen-bond acceptors (Lipinski definition) is 2. The maximum absolute atomic E-state index is 13.9. The van der Waals surface area contributed by atoms with Crippen LogP contribution in [0.3, 0.4) is 0 Å². The number of aromatic nitrogens is 2. The van der Waals surface area contributed by atoms with Gasteiger partial charge in [-0.1, -0.05) is 24.3 Å². The Morgan fingerprint density at radius 1 is 0.500 bits per heavy atom. The molecule has 0 bridgehead atoms. The van der Waals surface area contributed by atoms with E-state index in [1.54, 1.807) is 36.7 Å². The fourth-order valence-electron chi connectivity index (χ4n) is 2.97. The summed E-state index contributed by atoms with van der Waals surface area (Å²) in [4.78, 5) is 8.68. The Kier molecular flexibility index (Phi) is 4.23. The lowest BCUT2D eigenvalue weighted by atomic mass is 9.92. The molecule has 0 radical (unpaired) electrons. The molecule has 0 N–H and O–H groups in total. The Hall–Kier alpha value is -3.40. The average Bonchev–Trinajstić information content (AvgIpc) is 2.69. The smallest absolute Gasteiger partial charge is 0.123 e. The number of hydrogen-bond donors (Lipinski definition) is 0. The van der Waals surface area contributed by atoms with Crippen molar-refractivity contribution in [3.05, 3.63) is 96.8 Å². The molecule has 0 saturated heterocycles. The van der Waals surface area contributed by atoms with Gasteiger partial charge in [-0.15, -0.1) is 0 Å². The van der Waals surface area contributed by atoms with Gasteiger partial charge in [-0.2, -0.15) is 0 Å². The summed E-state index contributed by atoms with van der Waals surface area (Å²) in [5.41, 5.74) is 4.14. The number of benzene rings is 2. The molecule has 4 rings (SSSR count). The topological polar surface area (TPSA) is 25.8 Å². The van der Waals surface area contributed by atoms with Crippen molar-refractivity contribution in [2.24, 2.45) is 0 Å². The lowest BCUT2D eigenvalue weighted by Crippen LogP contribution is -1.93. The molecule has 0 aliphatic carbocycles. The molecule has 4 heteroatoms. The second kappa shape index (κ2) is 6.84. The largest absolute Gasteiger partial charge is 0.256 e. The third kappa shape index (κ3) is 3.09. The molecular formula is C22H14F2N2. The molecular weight excluding hydrogens is 330 g/mol. The van der Waals surface area contributed by atoms with Gasteiger partial charge < -0.3 is 0 Å². The standard InChI is InChI=1S/C22H14F2N2/c23-15-7-9-17(19(13-15)21-5-1-3-11-25-21)18-10-8-16(24)14-20(18)22-6-2-4-12-26-22/h1-14H. The van der Waals surface area contributed by atoms with Gasteiger partial charge >= 0.3 is 0 Å². The second-order valence-electron chi connectivity index (χ2n) is 5.81. The van der Waals surface area contributed by atoms with Crippen LogP contribution < -0.4 is 0 Å². The van der Waals surface area contributed by atoms with Crippen LogP contribution in [0.1, 0.15) is 0 Å². The zero-order chi connectivity index (χ0) is 17.9. The molecule has 26 heavy (non-hydrogen) atoms. The molecule has 0 spiro atoms. The molecule has 0 saturated carbocycles. The van der Waals surface area contributed by atoms with Gasteiger partial charge in [0, 0.05) is 23.5 Å². The summed E-state index contributed by atoms with van der Waals surface area (Å²) in [5.74, 6) is -0.702. The Bertz CT molecular complexity index is 961. The van der Waals surface area contributed by atoms with Crippen LogP contribution in [0.2, 0.25) is 0 Å². The van der Waals surface area contributed by atoms with Crippen molar-refractivity contribution in [3.63, 3.8) is 0 Å². The normalized spacial score (nSPS) is 10.7. The summed E-state index contributed by atoms with van der Waals surface area (Å²) in [6.45, 7) is 0. The van der Waals surface area contributed by atoms with E-state index in [1.807, 2.05) is 24.3 Å². The van der Waals surface area contributed by atoms with Crippen molar-refractivity contribution < 1.29 is 8.78 Å². The van der Waals surface area contributed by atoms with Crippen LogP contribution in [0.15, 0.2) is 85.2 Å². The van der Waals surface area contributed by atoms with Gasteiger partial charge in [0.05, 0.1) is 11.4 Å². The summed E-state index contributed by atoms with van der Waals surface area (Å²) in [5, 5.41) is 0. The van der Waals surface area contributed by atoms with Crippen LogP contribution in [0.5, 0.6) is 0 Å². The van der Waals surface area contributed by atoms with E-state index in [9.17, 15) is 8.78 Å². The van der Waals surface area contributed by atoms with Crippen LogP contribution in [0.4, 0.5) is 8.78 Å². The van der Waals surface area contributed by atoms with E-state index in [2.05, 4.69) is 9.97 Å². The number of pyridine rings is 2. The van der Waals surface area contributed by atoms with E-state index < -0.39 is 0 Å². The van der Waals surface area contributed by atoms with Gasteiger partial charge in [-0.3, -0.25) is 9.97 Å². The predicted molar refractivity (Wildman–Crippen MR) is 98.3 cm³/mol. The minimum atomic E-state index is -0.351. The monoisotopic (exact) mass is 344 g/mol.